The number of nitrogen functional groups attached to an aromatic ring is 1. The minimum atomic E-state index is 0.406. The fourth-order valence-corrected chi connectivity index (χ4v) is 2.28. The number of halogens is 2. The minimum Gasteiger partial charge on any atom is -0.398 e. The van der Waals surface area contributed by atoms with Crippen LogP contribution in [0.5, 0.6) is 0 Å². The smallest absolute Gasteiger partial charge is 0.258 e. The Morgan fingerprint density at radius 1 is 1.10 bits per heavy atom. The maximum Gasteiger partial charge on any atom is 0.258 e. The molecule has 20 heavy (non-hydrogen) atoms. The fraction of sp³-hybridized carbons (Fsp3) is 0. The third-order valence-electron chi connectivity index (χ3n) is 2.75. The van der Waals surface area contributed by atoms with Gasteiger partial charge in [0.25, 0.3) is 5.89 Å². The van der Waals surface area contributed by atoms with E-state index in [9.17, 15) is 0 Å². The molecule has 4 nitrogen and oxygen atoms in total. The molecule has 2 N–H and O–H groups in total. The number of hydrogen-bond donors (Lipinski definition) is 1. The first kappa shape index (κ1) is 13.1. The number of rotatable bonds is 2. The Labute approximate surface area is 128 Å². The third kappa shape index (κ3) is 2.55. The normalized spacial score (nSPS) is 10.7. The van der Waals surface area contributed by atoms with Crippen molar-refractivity contribution in [3.63, 3.8) is 0 Å². The lowest BCUT2D eigenvalue weighted by atomic mass is 10.2. The number of benzene rings is 2. The number of anilines is 1. The highest BCUT2D eigenvalue weighted by molar-refractivity contribution is 9.10. The summed E-state index contributed by atoms with van der Waals surface area (Å²) in [6.45, 7) is 0. The van der Waals surface area contributed by atoms with Gasteiger partial charge >= 0.3 is 0 Å². The molecule has 2 aromatic carbocycles. The van der Waals surface area contributed by atoms with Crippen molar-refractivity contribution in [3.05, 3.63) is 52.0 Å². The van der Waals surface area contributed by atoms with Gasteiger partial charge in [0.15, 0.2) is 0 Å². The van der Waals surface area contributed by atoms with Crippen molar-refractivity contribution in [1.29, 1.82) is 0 Å². The molecule has 1 heterocycles. The average molecular weight is 351 g/mol. The summed E-state index contributed by atoms with van der Waals surface area (Å²) in [7, 11) is 0. The Kier molecular flexibility index (Phi) is 3.46. The zero-order chi connectivity index (χ0) is 14.1. The van der Waals surface area contributed by atoms with Gasteiger partial charge < -0.3 is 10.3 Å². The van der Waals surface area contributed by atoms with Crippen LogP contribution >= 0.6 is 27.5 Å². The second-order valence-electron chi connectivity index (χ2n) is 4.17. The summed E-state index contributed by atoms with van der Waals surface area (Å²) in [5, 5.41) is 4.48. The zero-order valence-electron chi connectivity index (χ0n) is 10.2. The van der Waals surface area contributed by atoms with E-state index < -0.39 is 0 Å². The Hall–Kier alpha value is -1.85. The predicted molar refractivity (Wildman–Crippen MR) is 82.3 cm³/mol. The molecular formula is C14H9BrClN3O. The molecule has 1 aromatic heterocycles. The van der Waals surface area contributed by atoms with Crippen molar-refractivity contribution >= 4 is 33.2 Å². The SMILES string of the molecule is Nc1cc(-c2nc(-c3cccc(Br)c3)no2)ccc1Cl. The monoisotopic (exact) mass is 349 g/mol. The predicted octanol–water partition coefficient (Wildman–Crippen LogP) is 4.40. The summed E-state index contributed by atoms with van der Waals surface area (Å²) in [6, 6.07) is 12.9. The molecule has 0 aliphatic rings. The standard InChI is InChI=1S/C14H9BrClN3O/c15-10-3-1-2-8(6-10)13-18-14(20-19-13)9-4-5-11(16)12(17)7-9/h1-7H,17H2. The molecule has 0 saturated heterocycles. The van der Waals surface area contributed by atoms with Crippen LogP contribution in [0.4, 0.5) is 5.69 Å². The Balaban J connectivity index is 1.99. The molecule has 0 saturated carbocycles. The van der Waals surface area contributed by atoms with E-state index in [2.05, 4.69) is 26.1 Å². The van der Waals surface area contributed by atoms with Crippen molar-refractivity contribution in [2.24, 2.45) is 0 Å². The largest absolute Gasteiger partial charge is 0.398 e. The molecule has 3 aromatic rings. The third-order valence-corrected chi connectivity index (χ3v) is 3.59. The fourth-order valence-electron chi connectivity index (χ4n) is 1.76. The van der Waals surface area contributed by atoms with Crippen molar-refractivity contribution < 1.29 is 4.52 Å². The van der Waals surface area contributed by atoms with E-state index in [0.29, 0.717) is 22.4 Å². The highest BCUT2D eigenvalue weighted by Gasteiger charge is 2.11. The maximum atomic E-state index is 5.89. The van der Waals surface area contributed by atoms with Gasteiger partial charge in [-0.3, -0.25) is 0 Å². The lowest BCUT2D eigenvalue weighted by molar-refractivity contribution is 0.432. The van der Waals surface area contributed by atoms with Crippen LogP contribution in [0, 0.1) is 0 Å². The number of nitrogens with zero attached hydrogens (tertiary/aromatic N) is 2. The summed E-state index contributed by atoms with van der Waals surface area (Å²) >= 11 is 9.30. The van der Waals surface area contributed by atoms with Crippen LogP contribution in [0.2, 0.25) is 5.02 Å². The van der Waals surface area contributed by atoms with E-state index in [4.69, 9.17) is 21.9 Å². The van der Waals surface area contributed by atoms with Crippen molar-refractivity contribution in [2.45, 2.75) is 0 Å². The van der Waals surface area contributed by atoms with Crippen LogP contribution in [0.1, 0.15) is 0 Å². The number of hydrogen-bond acceptors (Lipinski definition) is 4. The number of aromatic nitrogens is 2. The molecule has 0 amide bonds. The molecule has 6 heteroatoms. The van der Waals surface area contributed by atoms with E-state index >= 15 is 0 Å². The van der Waals surface area contributed by atoms with Crippen LogP contribution in [0.3, 0.4) is 0 Å². The first-order valence-corrected chi connectivity index (χ1v) is 6.95. The van der Waals surface area contributed by atoms with Gasteiger partial charge in [0.1, 0.15) is 0 Å². The molecule has 0 aliphatic carbocycles. The van der Waals surface area contributed by atoms with Gasteiger partial charge in [0.2, 0.25) is 5.82 Å². The maximum absolute atomic E-state index is 5.89. The van der Waals surface area contributed by atoms with Crippen LogP contribution in [-0.4, -0.2) is 10.1 Å². The summed E-state index contributed by atoms with van der Waals surface area (Å²) in [5.74, 6) is 0.929. The average Bonchev–Trinajstić information content (AvgIpc) is 2.92. The van der Waals surface area contributed by atoms with E-state index in [-0.39, 0.29) is 0 Å². The molecule has 0 unspecified atom stereocenters. The Morgan fingerprint density at radius 2 is 1.95 bits per heavy atom. The van der Waals surface area contributed by atoms with Crippen LogP contribution < -0.4 is 5.73 Å². The molecule has 0 radical (unpaired) electrons. The summed E-state index contributed by atoms with van der Waals surface area (Å²) in [4.78, 5) is 4.37. The summed E-state index contributed by atoms with van der Waals surface area (Å²) in [5.41, 5.74) is 7.85. The highest BCUT2D eigenvalue weighted by atomic mass is 79.9. The van der Waals surface area contributed by atoms with Gasteiger partial charge in [-0.1, -0.05) is 44.8 Å². The Bertz CT molecular complexity index is 773. The van der Waals surface area contributed by atoms with E-state index in [0.717, 1.165) is 15.6 Å². The summed E-state index contributed by atoms with van der Waals surface area (Å²) < 4.78 is 6.22. The van der Waals surface area contributed by atoms with Crippen LogP contribution in [0.25, 0.3) is 22.8 Å². The molecule has 0 bridgehead atoms. The topological polar surface area (TPSA) is 64.9 Å². The molecule has 0 spiro atoms. The lowest BCUT2D eigenvalue weighted by Gasteiger charge is -1.99. The van der Waals surface area contributed by atoms with Crippen molar-refractivity contribution in [2.75, 3.05) is 5.73 Å². The second-order valence-corrected chi connectivity index (χ2v) is 5.49. The minimum absolute atomic E-state index is 0.406. The summed E-state index contributed by atoms with van der Waals surface area (Å²) in [6.07, 6.45) is 0. The lowest BCUT2D eigenvalue weighted by Crippen LogP contribution is -1.87. The van der Waals surface area contributed by atoms with Crippen LogP contribution in [0.15, 0.2) is 51.5 Å². The molecular weight excluding hydrogens is 342 g/mol. The highest BCUT2D eigenvalue weighted by Crippen LogP contribution is 2.28. The second kappa shape index (κ2) is 5.26. The van der Waals surface area contributed by atoms with E-state index in [1.165, 1.54) is 0 Å². The molecule has 0 aliphatic heterocycles. The van der Waals surface area contributed by atoms with E-state index in [1.54, 1.807) is 18.2 Å². The van der Waals surface area contributed by atoms with Crippen LogP contribution in [-0.2, 0) is 0 Å². The molecule has 0 fully saturated rings. The van der Waals surface area contributed by atoms with E-state index in [1.807, 2.05) is 24.3 Å². The zero-order valence-corrected chi connectivity index (χ0v) is 12.5. The van der Waals surface area contributed by atoms with Gasteiger partial charge in [0.05, 0.1) is 10.7 Å². The van der Waals surface area contributed by atoms with Gasteiger partial charge in [-0.25, -0.2) is 0 Å². The Morgan fingerprint density at radius 3 is 2.70 bits per heavy atom. The van der Waals surface area contributed by atoms with Gasteiger partial charge in [0, 0.05) is 15.6 Å². The first-order valence-electron chi connectivity index (χ1n) is 5.78. The van der Waals surface area contributed by atoms with Crippen molar-refractivity contribution in [1.82, 2.24) is 10.1 Å². The molecule has 0 atom stereocenters. The van der Waals surface area contributed by atoms with Gasteiger partial charge in [-0.2, -0.15) is 4.98 Å². The van der Waals surface area contributed by atoms with Gasteiger partial charge in [-0.05, 0) is 30.3 Å². The van der Waals surface area contributed by atoms with Crippen molar-refractivity contribution in [3.8, 4) is 22.8 Å². The van der Waals surface area contributed by atoms with Gasteiger partial charge in [-0.15, -0.1) is 0 Å². The molecule has 3 rings (SSSR count). The quantitative estimate of drug-likeness (QED) is 0.696. The first-order chi connectivity index (χ1) is 9.63. The molecule has 100 valence electrons. The number of nitrogens with two attached hydrogens (primary N) is 1.